The Labute approximate surface area is 202 Å². The SMILES string of the molecule is CCN(CC)Oc1ccc(C(F)(F)F)cc1C(=O)/N=c1\sc(C(C)(C)C)cn1C[C@H]1CCCO1. The van der Waals surface area contributed by atoms with Crippen molar-refractivity contribution < 1.29 is 27.5 Å². The van der Waals surface area contributed by atoms with Crippen molar-refractivity contribution >= 4 is 17.2 Å². The van der Waals surface area contributed by atoms with Crippen LogP contribution in [-0.4, -0.2) is 41.3 Å². The lowest BCUT2D eigenvalue weighted by Gasteiger charge is -2.20. The Kier molecular flexibility index (Phi) is 8.26. The van der Waals surface area contributed by atoms with Gasteiger partial charge in [0.15, 0.2) is 10.6 Å². The van der Waals surface area contributed by atoms with Crippen molar-refractivity contribution in [2.24, 2.45) is 4.99 Å². The first-order valence-electron chi connectivity index (χ1n) is 11.5. The molecule has 6 nitrogen and oxygen atoms in total. The van der Waals surface area contributed by atoms with Crippen molar-refractivity contribution in [1.82, 2.24) is 9.63 Å². The molecule has 0 bridgehead atoms. The first kappa shape index (κ1) is 26.4. The zero-order chi connectivity index (χ0) is 25.1. The maximum absolute atomic E-state index is 13.4. The molecule has 1 amide bonds. The number of halogens is 3. The van der Waals surface area contributed by atoms with Gasteiger partial charge in [-0.2, -0.15) is 18.2 Å². The fourth-order valence-electron chi connectivity index (χ4n) is 3.54. The Bertz CT molecular complexity index is 1060. The highest BCUT2D eigenvalue weighted by Crippen LogP contribution is 2.33. The van der Waals surface area contributed by atoms with Crippen molar-refractivity contribution in [3.63, 3.8) is 0 Å². The van der Waals surface area contributed by atoms with Crippen LogP contribution >= 0.6 is 11.3 Å². The van der Waals surface area contributed by atoms with Crippen LogP contribution in [0.3, 0.4) is 0 Å². The van der Waals surface area contributed by atoms with Gasteiger partial charge in [0.25, 0.3) is 5.91 Å². The Hall–Kier alpha value is -2.17. The highest BCUT2D eigenvalue weighted by Gasteiger charge is 2.32. The van der Waals surface area contributed by atoms with E-state index < -0.39 is 17.6 Å². The van der Waals surface area contributed by atoms with Gasteiger partial charge in [-0.25, -0.2) is 0 Å². The summed E-state index contributed by atoms with van der Waals surface area (Å²) < 4.78 is 47.8. The standard InChI is InChI=1S/C24H32F3N3O3S/c1-6-30(7-2)33-19-11-10-16(24(25,26)27)13-18(19)21(31)28-22-29(14-17-9-8-12-32-17)15-20(34-22)23(3,4)5/h10-11,13,15,17H,6-9,12,14H2,1-5H3/b28-22-/t17-/m1/s1. The highest BCUT2D eigenvalue weighted by atomic mass is 32.1. The minimum Gasteiger partial charge on any atom is -0.405 e. The maximum atomic E-state index is 13.4. The quantitative estimate of drug-likeness (QED) is 0.478. The summed E-state index contributed by atoms with van der Waals surface area (Å²) in [6.07, 6.45) is -0.728. The third-order valence-electron chi connectivity index (χ3n) is 5.55. The van der Waals surface area contributed by atoms with Crippen molar-refractivity contribution in [3.8, 4) is 5.75 Å². The molecule has 0 spiro atoms. The van der Waals surface area contributed by atoms with Crippen molar-refractivity contribution in [1.29, 1.82) is 0 Å². The van der Waals surface area contributed by atoms with E-state index in [9.17, 15) is 18.0 Å². The van der Waals surface area contributed by atoms with Crippen LogP contribution in [0.25, 0.3) is 0 Å². The number of nitrogens with zero attached hydrogens (tertiary/aromatic N) is 3. The third-order valence-corrected chi connectivity index (χ3v) is 7.00. The molecule has 2 heterocycles. The third kappa shape index (κ3) is 6.49. The first-order chi connectivity index (χ1) is 15.9. The number of hydroxylamine groups is 2. The number of benzene rings is 1. The number of carbonyl (C=O) groups excluding carboxylic acids is 1. The Balaban J connectivity index is 2.07. The Morgan fingerprint density at radius 3 is 2.53 bits per heavy atom. The van der Waals surface area contributed by atoms with E-state index in [1.54, 1.807) is 5.06 Å². The van der Waals surface area contributed by atoms with Gasteiger partial charge in [-0.05, 0) is 50.3 Å². The largest absolute Gasteiger partial charge is 0.416 e. The lowest BCUT2D eigenvalue weighted by molar-refractivity contribution is -0.137. The zero-order valence-electron chi connectivity index (χ0n) is 20.2. The number of ether oxygens (including phenoxy) is 1. The number of hydrogen-bond donors (Lipinski definition) is 0. The van der Waals surface area contributed by atoms with Gasteiger partial charge in [-0.1, -0.05) is 20.8 Å². The number of alkyl halides is 3. The molecule has 1 aromatic heterocycles. The van der Waals surface area contributed by atoms with Gasteiger partial charge >= 0.3 is 6.18 Å². The highest BCUT2D eigenvalue weighted by molar-refractivity contribution is 7.09. The van der Waals surface area contributed by atoms with Crippen LogP contribution in [-0.2, 0) is 22.9 Å². The molecular weight excluding hydrogens is 467 g/mol. The maximum Gasteiger partial charge on any atom is 0.416 e. The smallest absolute Gasteiger partial charge is 0.405 e. The molecule has 0 unspecified atom stereocenters. The number of aromatic nitrogens is 1. The molecule has 1 aromatic carbocycles. The summed E-state index contributed by atoms with van der Waals surface area (Å²) in [5.41, 5.74) is -1.32. The second-order valence-electron chi connectivity index (χ2n) is 9.25. The fourth-order valence-corrected chi connectivity index (χ4v) is 4.60. The molecule has 0 N–H and O–H groups in total. The van der Waals surface area contributed by atoms with E-state index in [4.69, 9.17) is 9.57 Å². The summed E-state index contributed by atoms with van der Waals surface area (Å²) in [4.78, 5) is 24.7. The normalized spacial score (nSPS) is 17.6. The second kappa shape index (κ2) is 10.6. The zero-order valence-corrected chi connectivity index (χ0v) is 21.1. The molecule has 3 rings (SSSR count). The molecule has 10 heteroatoms. The van der Waals surface area contributed by atoms with E-state index in [0.29, 0.717) is 31.0 Å². The van der Waals surface area contributed by atoms with E-state index in [1.807, 2.05) is 24.6 Å². The van der Waals surface area contributed by atoms with Crippen molar-refractivity contribution in [2.75, 3.05) is 19.7 Å². The fraction of sp³-hybridized carbons (Fsp3) is 0.583. The number of hydrogen-bond acceptors (Lipinski definition) is 5. The molecule has 1 aliphatic rings. The van der Waals surface area contributed by atoms with Crippen LogP contribution in [0, 0.1) is 0 Å². The Morgan fingerprint density at radius 1 is 1.26 bits per heavy atom. The minimum absolute atomic E-state index is 0.0200. The Morgan fingerprint density at radius 2 is 1.97 bits per heavy atom. The molecule has 1 atom stereocenters. The van der Waals surface area contributed by atoms with E-state index in [2.05, 4.69) is 25.8 Å². The van der Waals surface area contributed by atoms with Gasteiger partial charge in [0.05, 0.1) is 23.8 Å². The summed E-state index contributed by atoms with van der Waals surface area (Å²) in [7, 11) is 0. The molecule has 188 valence electrons. The number of carbonyl (C=O) groups is 1. The van der Waals surface area contributed by atoms with Crippen LogP contribution in [0.5, 0.6) is 5.75 Å². The summed E-state index contributed by atoms with van der Waals surface area (Å²) in [5, 5.41) is 1.56. The first-order valence-corrected chi connectivity index (χ1v) is 12.3. The topological polar surface area (TPSA) is 56.1 Å². The van der Waals surface area contributed by atoms with Gasteiger partial charge in [0.2, 0.25) is 0 Å². The molecule has 1 saturated heterocycles. The molecule has 2 aromatic rings. The van der Waals surface area contributed by atoms with Crippen LogP contribution in [0.4, 0.5) is 13.2 Å². The summed E-state index contributed by atoms with van der Waals surface area (Å²) in [5.74, 6) is -0.736. The van der Waals surface area contributed by atoms with E-state index in [-0.39, 0.29) is 22.8 Å². The van der Waals surface area contributed by atoms with Crippen LogP contribution in [0.2, 0.25) is 0 Å². The van der Waals surface area contributed by atoms with Crippen LogP contribution < -0.4 is 9.64 Å². The minimum atomic E-state index is -4.59. The van der Waals surface area contributed by atoms with Gasteiger partial charge in [-0.15, -0.1) is 16.4 Å². The molecule has 0 aliphatic carbocycles. The predicted octanol–water partition coefficient (Wildman–Crippen LogP) is 5.42. The number of rotatable bonds is 7. The molecule has 34 heavy (non-hydrogen) atoms. The summed E-state index contributed by atoms with van der Waals surface area (Å²) >= 11 is 1.36. The van der Waals surface area contributed by atoms with Gasteiger partial charge in [0, 0.05) is 30.8 Å². The molecular formula is C24H32F3N3O3S. The average Bonchev–Trinajstić information content (AvgIpc) is 3.41. The van der Waals surface area contributed by atoms with Gasteiger partial charge < -0.3 is 14.1 Å². The monoisotopic (exact) mass is 499 g/mol. The number of amides is 1. The summed E-state index contributed by atoms with van der Waals surface area (Å²) in [6.45, 7) is 12.1. The molecule has 0 saturated carbocycles. The van der Waals surface area contributed by atoms with E-state index in [0.717, 1.165) is 29.9 Å². The molecule has 1 aliphatic heterocycles. The van der Waals surface area contributed by atoms with Crippen LogP contribution in [0.1, 0.15) is 68.3 Å². The van der Waals surface area contributed by atoms with E-state index >= 15 is 0 Å². The molecule has 0 radical (unpaired) electrons. The lowest BCUT2D eigenvalue weighted by Crippen LogP contribution is -2.28. The molecule has 1 fully saturated rings. The lowest BCUT2D eigenvalue weighted by atomic mass is 9.95. The van der Waals surface area contributed by atoms with Gasteiger partial charge in [-0.3, -0.25) is 4.79 Å². The summed E-state index contributed by atoms with van der Waals surface area (Å²) in [6, 6.07) is 2.91. The van der Waals surface area contributed by atoms with Gasteiger partial charge in [0.1, 0.15) is 0 Å². The second-order valence-corrected chi connectivity index (χ2v) is 10.3. The number of thiazole rings is 1. The van der Waals surface area contributed by atoms with E-state index in [1.165, 1.54) is 17.4 Å². The predicted molar refractivity (Wildman–Crippen MR) is 125 cm³/mol. The van der Waals surface area contributed by atoms with Crippen LogP contribution in [0.15, 0.2) is 29.4 Å². The van der Waals surface area contributed by atoms with Crippen molar-refractivity contribution in [3.05, 3.63) is 45.2 Å². The van der Waals surface area contributed by atoms with Crippen molar-refractivity contribution in [2.45, 2.75) is 71.7 Å². The average molecular weight is 500 g/mol.